The fraction of sp³-hybridized carbons (Fsp3) is 1.00. The van der Waals surface area contributed by atoms with Crippen molar-refractivity contribution in [3.05, 3.63) is 0 Å². The zero-order chi connectivity index (χ0) is 11.9. The normalized spacial score (nSPS) is 18.8. The lowest BCUT2D eigenvalue weighted by molar-refractivity contribution is 0.341. The average molecular weight is 249 g/mol. The minimum absolute atomic E-state index is 0.471. The van der Waals surface area contributed by atoms with Crippen LogP contribution in [-0.4, -0.2) is 45.4 Å². The van der Waals surface area contributed by atoms with Crippen LogP contribution in [0.5, 0.6) is 0 Å². The van der Waals surface area contributed by atoms with E-state index >= 15 is 0 Å². The van der Waals surface area contributed by atoms with Crippen molar-refractivity contribution in [3.8, 4) is 0 Å². The molecule has 0 aromatic heterocycles. The van der Waals surface area contributed by atoms with Crippen LogP contribution in [-0.2, 0) is 10.2 Å². The lowest BCUT2D eigenvalue weighted by atomic mass is 10.2. The molecule has 0 aliphatic carbocycles. The van der Waals surface area contributed by atoms with Crippen LogP contribution in [0.4, 0.5) is 0 Å². The maximum Gasteiger partial charge on any atom is 0.279 e. The van der Waals surface area contributed by atoms with Crippen LogP contribution in [0, 0.1) is 0 Å². The molecule has 1 rings (SSSR count). The molecular formula is C10H23N3O2S. The van der Waals surface area contributed by atoms with Crippen molar-refractivity contribution in [2.45, 2.75) is 32.6 Å². The van der Waals surface area contributed by atoms with Gasteiger partial charge in [0.1, 0.15) is 0 Å². The van der Waals surface area contributed by atoms with Gasteiger partial charge < -0.3 is 5.32 Å². The highest BCUT2D eigenvalue weighted by Crippen LogP contribution is 2.11. The maximum absolute atomic E-state index is 11.8. The Morgan fingerprint density at radius 1 is 1.06 bits per heavy atom. The van der Waals surface area contributed by atoms with Crippen molar-refractivity contribution in [3.63, 3.8) is 0 Å². The summed E-state index contributed by atoms with van der Waals surface area (Å²) in [6.45, 7) is 5.52. The standard InChI is InChI=1S/C10H23N3O2S/c1-2-6-11-7-8-12-16(14,15)13-9-4-3-5-10-13/h11-12H,2-10H2,1H3. The Balaban J connectivity index is 2.22. The molecular weight excluding hydrogens is 226 g/mol. The first-order chi connectivity index (χ1) is 7.67. The van der Waals surface area contributed by atoms with Crippen LogP contribution in [0.15, 0.2) is 0 Å². The van der Waals surface area contributed by atoms with Crippen LogP contribution in [0.1, 0.15) is 32.6 Å². The van der Waals surface area contributed by atoms with E-state index < -0.39 is 10.2 Å². The van der Waals surface area contributed by atoms with Crippen molar-refractivity contribution in [1.29, 1.82) is 0 Å². The SMILES string of the molecule is CCCNCCNS(=O)(=O)N1CCCCC1. The molecule has 2 N–H and O–H groups in total. The van der Waals surface area contributed by atoms with Gasteiger partial charge in [0, 0.05) is 26.2 Å². The van der Waals surface area contributed by atoms with Gasteiger partial charge in [0.15, 0.2) is 0 Å². The second-order valence-electron chi connectivity index (χ2n) is 4.11. The van der Waals surface area contributed by atoms with E-state index in [0.29, 0.717) is 26.2 Å². The number of nitrogens with zero attached hydrogens (tertiary/aromatic N) is 1. The Bertz CT molecular complexity index is 274. The zero-order valence-corrected chi connectivity index (χ0v) is 10.9. The predicted molar refractivity (Wildman–Crippen MR) is 65.5 cm³/mol. The molecule has 0 amide bonds. The molecule has 5 nitrogen and oxygen atoms in total. The molecule has 6 heteroatoms. The molecule has 0 bridgehead atoms. The molecule has 0 atom stereocenters. The summed E-state index contributed by atoms with van der Waals surface area (Å²) in [5, 5.41) is 3.17. The monoisotopic (exact) mass is 249 g/mol. The van der Waals surface area contributed by atoms with Gasteiger partial charge in [0.05, 0.1) is 0 Å². The largest absolute Gasteiger partial charge is 0.315 e. The lowest BCUT2D eigenvalue weighted by Gasteiger charge is -2.25. The van der Waals surface area contributed by atoms with Crippen molar-refractivity contribution >= 4 is 10.2 Å². The average Bonchev–Trinajstić information content (AvgIpc) is 2.30. The van der Waals surface area contributed by atoms with E-state index in [-0.39, 0.29) is 0 Å². The molecule has 0 aromatic carbocycles. The Morgan fingerprint density at radius 3 is 2.38 bits per heavy atom. The van der Waals surface area contributed by atoms with Gasteiger partial charge in [-0.3, -0.25) is 0 Å². The second kappa shape index (κ2) is 7.21. The van der Waals surface area contributed by atoms with E-state index in [4.69, 9.17) is 0 Å². The highest BCUT2D eigenvalue weighted by atomic mass is 32.2. The quantitative estimate of drug-likeness (QED) is 0.638. The molecule has 96 valence electrons. The van der Waals surface area contributed by atoms with Gasteiger partial charge in [-0.15, -0.1) is 0 Å². The first kappa shape index (κ1) is 13.9. The molecule has 1 heterocycles. The molecule has 1 saturated heterocycles. The van der Waals surface area contributed by atoms with Gasteiger partial charge in [-0.1, -0.05) is 13.3 Å². The van der Waals surface area contributed by atoms with E-state index in [9.17, 15) is 8.42 Å². The van der Waals surface area contributed by atoms with Gasteiger partial charge >= 0.3 is 0 Å². The number of nitrogens with one attached hydrogen (secondary N) is 2. The van der Waals surface area contributed by atoms with Crippen molar-refractivity contribution < 1.29 is 8.42 Å². The number of hydrogen-bond donors (Lipinski definition) is 2. The molecule has 1 fully saturated rings. The number of rotatable bonds is 7. The summed E-state index contributed by atoms with van der Waals surface area (Å²) < 4.78 is 27.8. The zero-order valence-electron chi connectivity index (χ0n) is 10.0. The smallest absolute Gasteiger partial charge is 0.279 e. The minimum Gasteiger partial charge on any atom is -0.315 e. The summed E-state index contributed by atoms with van der Waals surface area (Å²) in [5.41, 5.74) is 0. The van der Waals surface area contributed by atoms with E-state index in [2.05, 4.69) is 17.0 Å². The molecule has 1 aliphatic heterocycles. The van der Waals surface area contributed by atoms with Gasteiger partial charge in [-0.25, -0.2) is 4.72 Å². The molecule has 0 aromatic rings. The van der Waals surface area contributed by atoms with E-state index in [1.54, 1.807) is 4.31 Å². The Hall–Kier alpha value is -0.170. The second-order valence-corrected chi connectivity index (χ2v) is 5.86. The fourth-order valence-corrected chi connectivity index (χ4v) is 3.05. The van der Waals surface area contributed by atoms with Gasteiger partial charge in [0.2, 0.25) is 0 Å². The summed E-state index contributed by atoms with van der Waals surface area (Å²) in [7, 11) is -3.23. The third kappa shape index (κ3) is 4.78. The summed E-state index contributed by atoms with van der Waals surface area (Å²) in [4.78, 5) is 0. The third-order valence-electron chi connectivity index (χ3n) is 2.67. The van der Waals surface area contributed by atoms with Crippen LogP contribution >= 0.6 is 0 Å². The summed E-state index contributed by atoms with van der Waals surface area (Å²) in [6, 6.07) is 0. The van der Waals surface area contributed by atoms with Gasteiger partial charge in [-0.05, 0) is 25.8 Å². The van der Waals surface area contributed by atoms with Crippen LogP contribution in [0.25, 0.3) is 0 Å². The molecule has 16 heavy (non-hydrogen) atoms. The van der Waals surface area contributed by atoms with Crippen LogP contribution in [0.3, 0.4) is 0 Å². The van der Waals surface area contributed by atoms with E-state index in [1.807, 2.05) is 0 Å². The lowest BCUT2D eigenvalue weighted by Crippen LogP contribution is -2.45. The molecule has 0 unspecified atom stereocenters. The Morgan fingerprint density at radius 2 is 1.75 bits per heavy atom. The number of hydrogen-bond acceptors (Lipinski definition) is 3. The Kier molecular flexibility index (Phi) is 6.26. The first-order valence-corrected chi connectivity index (χ1v) is 7.56. The van der Waals surface area contributed by atoms with E-state index in [0.717, 1.165) is 32.2 Å². The molecule has 0 saturated carbocycles. The highest BCUT2D eigenvalue weighted by molar-refractivity contribution is 7.87. The van der Waals surface area contributed by atoms with Crippen molar-refractivity contribution in [2.24, 2.45) is 0 Å². The van der Waals surface area contributed by atoms with E-state index in [1.165, 1.54) is 0 Å². The summed E-state index contributed by atoms with van der Waals surface area (Å²) in [5.74, 6) is 0. The van der Waals surface area contributed by atoms with Gasteiger partial charge in [-0.2, -0.15) is 12.7 Å². The minimum atomic E-state index is -3.23. The Labute approximate surface area is 98.8 Å². The van der Waals surface area contributed by atoms with Gasteiger partial charge in [0.25, 0.3) is 10.2 Å². The highest BCUT2D eigenvalue weighted by Gasteiger charge is 2.22. The molecule has 0 radical (unpaired) electrons. The van der Waals surface area contributed by atoms with Crippen LogP contribution < -0.4 is 10.0 Å². The van der Waals surface area contributed by atoms with Crippen molar-refractivity contribution in [1.82, 2.24) is 14.3 Å². The first-order valence-electron chi connectivity index (χ1n) is 6.12. The molecule has 0 spiro atoms. The third-order valence-corrected chi connectivity index (χ3v) is 4.28. The number of piperidine rings is 1. The topological polar surface area (TPSA) is 61.4 Å². The summed E-state index contributed by atoms with van der Waals surface area (Å²) >= 11 is 0. The molecule has 1 aliphatic rings. The van der Waals surface area contributed by atoms with Crippen molar-refractivity contribution in [2.75, 3.05) is 32.7 Å². The fourth-order valence-electron chi connectivity index (χ4n) is 1.77. The summed E-state index contributed by atoms with van der Waals surface area (Å²) in [6.07, 6.45) is 4.17. The van der Waals surface area contributed by atoms with Crippen LogP contribution in [0.2, 0.25) is 0 Å². The predicted octanol–water partition coefficient (Wildman–Crippen LogP) is 0.306. The maximum atomic E-state index is 11.8.